The number of rotatable bonds is 3. The lowest BCUT2D eigenvalue weighted by atomic mass is 9.89. The van der Waals surface area contributed by atoms with Crippen molar-refractivity contribution in [2.24, 2.45) is 5.92 Å². The first-order valence-electron chi connectivity index (χ1n) is 7.69. The first-order valence-corrected chi connectivity index (χ1v) is 7.69. The summed E-state index contributed by atoms with van der Waals surface area (Å²) < 4.78 is 13.7. The van der Waals surface area contributed by atoms with Gasteiger partial charge >= 0.3 is 0 Å². The van der Waals surface area contributed by atoms with Gasteiger partial charge in [0, 0.05) is 37.8 Å². The monoisotopic (exact) mass is 278 g/mol. The number of hydrogen-bond donors (Lipinski definition) is 2. The van der Waals surface area contributed by atoms with E-state index in [4.69, 9.17) is 0 Å². The van der Waals surface area contributed by atoms with Crippen LogP contribution in [0, 0.1) is 11.7 Å². The molecule has 0 amide bonds. The van der Waals surface area contributed by atoms with Crippen LogP contribution in [0.15, 0.2) is 18.2 Å². The van der Waals surface area contributed by atoms with Gasteiger partial charge in [-0.2, -0.15) is 0 Å². The highest BCUT2D eigenvalue weighted by Crippen LogP contribution is 2.42. The van der Waals surface area contributed by atoms with Crippen LogP contribution in [0.2, 0.25) is 0 Å². The molecule has 0 unspecified atom stereocenters. The van der Waals surface area contributed by atoms with Crippen LogP contribution in [0.5, 0.6) is 5.75 Å². The second-order valence-electron chi connectivity index (χ2n) is 5.95. The van der Waals surface area contributed by atoms with Crippen molar-refractivity contribution in [3.63, 3.8) is 0 Å². The van der Waals surface area contributed by atoms with Crippen molar-refractivity contribution in [3.05, 3.63) is 29.6 Å². The maximum Gasteiger partial charge on any atom is 0.165 e. The van der Waals surface area contributed by atoms with Crippen LogP contribution in [0.25, 0.3) is 0 Å². The van der Waals surface area contributed by atoms with E-state index in [0.717, 1.165) is 31.7 Å². The molecule has 1 heterocycles. The van der Waals surface area contributed by atoms with E-state index < -0.39 is 5.82 Å². The Morgan fingerprint density at radius 1 is 1.20 bits per heavy atom. The van der Waals surface area contributed by atoms with E-state index in [0.29, 0.717) is 5.92 Å². The Kier molecular flexibility index (Phi) is 4.22. The maximum atomic E-state index is 13.7. The van der Waals surface area contributed by atoms with Crippen molar-refractivity contribution in [2.75, 3.05) is 26.2 Å². The maximum absolute atomic E-state index is 13.7. The minimum Gasteiger partial charge on any atom is -0.505 e. The number of phenolic OH excluding ortho intramolecular Hbond substituents is 1. The lowest BCUT2D eigenvalue weighted by Gasteiger charge is -2.38. The number of halogens is 1. The van der Waals surface area contributed by atoms with Crippen molar-refractivity contribution < 1.29 is 9.50 Å². The van der Waals surface area contributed by atoms with Gasteiger partial charge in [0.1, 0.15) is 0 Å². The fourth-order valence-electron chi connectivity index (χ4n) is 3.75. The third-order valence-corrected chi connectivity index (χ3v) is 4.73. The molecule has 1 aromatic rings. The summed E-state index contributed by atoms with van der Waals surface area (Å²) in [5.74, 6) is -0.107. The molecule has 3 nitrogen and oxygen atoms in total. The quantitative estimate of drug-likeness (QED) is 0.892. The smallest absolute Gasteiger partial charge is 0.165 e. The predicted octanol–water partition coefficient (Wildman–Crippen LogP) is 2.67. The van der Waals surface area contributed by atoms with Gasteiger partial charge in [0.25, 0.3) is 0 Å². The SMILES string of the molecule is Oc1c(F)cccc1[C@@H](C1CCCC1)N1CCNCC1. The van der Waals surface area contributed by atoms with Crippen LogP contribution in [-0.4, -0.2) is 36.2 Å². The average molecular weight is 278 g/mol. The van der Waals surface area contributed by atoms with E-state index in [-0.39, 0.29) is 11.8 Å². The summed E-state index contributed by atoms with van der Waals surface area (Å²) >= 11 is 0. The van der Waals surface area contributed by atoms with Crippen LogP contribution in [-0.2, 0) is 0 Å². The number of piperazine rings is 1. The molecular formula is C16H23FN2O. The molecule has 4 heteroatoms. The summed E-state index contributed by atoms with van der Waals surface area (Å²) in [6.07, 6.45) is 4.88. The summed E-state index contributed by atoms with van der Waals surface area (Å²) in [5, 5.41) is 13.5. The Balaban J connectivity index is 1.93. The summed E-state index contributed by atoms with van der Waals surface area (Å²) in [7, 11) is 0. The van der Waals surface area contributed by atoms with E-state index >= 15 is 0 Å². The first kappa shape index (κ1) is 13.8. The van der Waals surface area contributed by atoms with E-state index in [1.807, 2.05) is 6.07 Å². The van der Waals surface area contributed by atoms with Gasteiger partial charge in [-0.05, 0) is 24.8 Å². The molecule has 0 radical (unpaired) electrons. The molecule has 1 aliphatic carbocycles. The van der Waals surface area contributed by atoms with Crippen molar-refractivity contribution >= 4 is 0 Å². The number of hydrogen-bond acceptors (Lipinski definition) is 3. The van der Waals surface area contributed by atoms with Crippen LogP contribution in [0.4, 0.5) is 4.39 Å². The predicted molar refractivity (Wildman–Crippen MR) is 77.2 cm³/mol. The van der Waals surface area contributed by atoms with Gasteiger partial charge in [0.05, 0.1) is 0 Å². The van der Waals surface area contributed by atoms with Crippen molar-refractivity contribution in [2.45, 2.75) is 31.7 Å². The largest absolute Gasteiger partial charge is 0.505 e. The molecule has 1 atom stereocenters. The number of para-hydroxylation sites is 1. The van der Waals surface area contributed by atoms with Gasteiger partial charge in [-0.1, -0.05) is 25.0 Å². The molecule has 110 valence electrons. The topological polar surface area (TPSA) is 35.5 Å². The van der Waals surface area contributed by atoms with Gasteiger partial charge in [0.2, 0.25) is 0 Å². The van der Waals surface area contributed by atoms with Crippen LogP contribution < -0.4 is 5.32 Å². The van der Waals surface area contributed by atoms with Crippen molar-refractivity contribution in [3.8, 4) is 5.75 Å². The molecule has 0 bridgehead atoms. The average Bonchev–Trinajstić information content (AvgIpc) is 2.99. The van der Waals surface area contributed by atoms with Crippen LogP contribution >= 0.6 is 0 Å². The Morgan fingerprint density at radius 2 is 1.90 bits per heavy atom. The molecule has 0 spiro atoms. The zero-order chi connectivity index (χ0) is 13.9. The van der Waals surface area contributed by atoms with Crippen LogP contribution in [0.1, 0.15) is 37.3 Å². The van der Waals surface area contributed by atoms with Gasteiger partial charge in [0.15, 0.2) is 11.6 Å². The van der Waals surface area contributed by atoms with E-state index in [1.165, 1.54) is 31.7 Å². The highest BCUT2D eigenvalue weighted by molar-refractivity contribution is 5.36. The van der Waals surface area contributed by atoms with Crippen molar-refractivity contribution in [1.82, 2.24) is 10.2 Å². The zero-order valence-corrected chi connectivity index (χ0v) is 11.8. The van der Waals surface area contributed by atoms with Gasteiger partial charge in [-0.15, -0.1) is 0 Å². The van der Waals surface area contributed by atoms with E-state index in [9.17, 15) is 9.50 Å². The van der Waals surface area contributed by atoms with E-state index in [2.05, 4.69) is 10.2 Å². The van der Waals surface area contributed by atoms with Gasteiger partial charge in [-0.25, -0.2) is 4.39 Å². The zero-order valence-electron chi connectivity index (χ0n) is 11.8. The number of phenols is 1. The molecule has 0 aromatic heterocycles. The molecule has 2 aliphatic rings. The third kappa shape index (κ3) is 2.67. The second-order valence-corrected chi connectivity index (χ2v) is 5.95. The Labute approximate surface area is 119 Å². The second kappa shape index (κ2) is 6.10. The molecule has 2 N–H and O–H groups in total. The molecule has 1 saturated carbocycles. The summed E-state index contributed by atoms with van der Waals surface area (Å²) in [6, 6.07) is 5.11. The van der Waals surface area contributed by atoms with Gasteiger partial charge in [-0.3, -0.25) is 4.90 Å². The fraction of sp³-hybridized carbons (Fsp3) is 0.625. The molecular weight excluding hydrogens is 255 g/mol. The first-order chi connectivity index (χ1) is 9.77. The molecule has 20 heavy (non-hydrogen) atoms. The molecule has 1 aliphatic heterocycles. The third-order valence-electron chi connectivity index (χ3n) is 4.73. The minimum atomic E-state index is -0.499. The van der Waals surface area contributed by atoms with E-state index in [1.54, 1.807) is 6.07 Å². The number of nitrogens with zero attached hydrogens (tertiary/aromatic N) is 1. The molecule has 1 aromatic carbocycles. The lowest BCUT2D eigenvalue weighted by molar-refractivity contribution is 0.123. The standard InChI is InChI=1S/C16H23FN2O/c17-14-7-3-6-13(16(14)20)15(12-4-1-2-5-12)19-10-8-18-9-11-19/h3,6-7,12,15,18,20H,1-2,4-5,8-11H2/t15-/m1/s1. The summed E-state index contributed by atoms with van der Waals surface area (Å²) in [4.78, 5) is 2.42. The fourth-order valence-corrected chi connectivity index (χ4v) is 3.75. The highest BCUT2D eigenvalue weighted by atomic mass is 19.1. The summed E-state index contributed by atoms with van der Waals surface area (Å²) in [6.45, 7) is 3.88. The number of aromatic hydroxyl groups is 1. The Hall–Kier alpha value is -1.13. The number of benzene rings is 1. The normalized spacial score (nSPS) is 23.1. The molecule has 2 fully saturated rings. The lowest BCUT2D eigenvalue weighted by Crippen LogP contribution is -2.46. The Morgan fingerprint density at radius 3 is 2.60 bits per heavy atom. The molecule has 3 rings (SSSR count). The summed E-state index contributed by atoms with van der Waals surface area (Å²) in [5.41, 5.74) is 0.777. The van der Waals surface area contributed by atoms with Crippen LogP contribution in [0.3, 0.4) is 0 Å². The number of nitrogens with one attached hydrogen (secondary N) is 1. The molecule has 1 saturated heterocycles. The Bertz CT molecular complexity index is 454. The van der Waals surface area contributed by atoms with Gasteiger partial charge < -0.3 is 10.4 Å². The van der Waals surface area contributed by atoms with Crippen molar-refractivity contribution in [1.29, 1.82) is 0 Å². The minimum absolute atomic E-state index is 0.150. The highest BCUT2D eigenvalue weighted by Gasteiger charge is 2.33.